The number of hydrogen-bond donors (Lipinski definition) is 0. The molecule has 0 unspecified atom stereocenters. The monoisotopic (exact) mass is 282 g/mol. The van der Waals surface area contributed by atoms with Gasteiger partial charge in [0.15, 0.2) is 0 Å². The number of benzene rings is 1. The Morgan fingerprint density at radius 1 is 1.00 bits per heavy atom. The number of hydrogen-bond acceptors (Lipinski definition) is 0. The lowest BCUT2D eigenvalue weighted by atomic mass is 10.3. The van der Waals surface area contributed by atoms with E-state index in [1.165, 1.54) is 0 Å². The molecule has 0 N–H and O–H groups in total. The molecule has 0 atom stereocenters. The Bertz CT molecular complexity index is 511. The van der Waals surface area contributed by atoms with Gasteiger partial charge in [0.05, 0.1) is 24.1 Å². The summed E-state index contributed by atoms with van der Waals surface area (Å²) in [6, 6.07) is 0. The van der Waals surface area contributed by atoms with Crippen molar-refractivity contribution in [1.29, 1.82) is 0 Å². The molecule has 15 heavy (non-hydrogen) atoms. The van der Waals surface area contributed by atoms with E-state index in [-0.39, 0.29) is 10.0 Å². The van der Waals surface area contributed by atoms with Crippen LogP contribution < -0.4 is 4.57 Å². The number of nitrogens with zero attached hydrogens (tertiary/aromatic N) is 2. The molecule has 1 aromatic heterocycles. The summed E-state index contributed by atoms with van der Waals surface area (Å²) in [4.78, 5) is 0. The topological polar surface area (TPSA) is 8.81 Å². The number of aromatic nitrogens is 2. The summed E-state index contributed by atoms with van der Waals surface area (Å²) >= 11 is 24.1. The summed E-state index contributed by atoms with van der Waals surface area (Å²) in [5.41, 5.74) is 1.44. The first-order valence-corrected chi connectivity index (χ1v) is 5.56. The fraction of sp³-hybridized carbons (Fsp3) is 0.222. The standard InChI is InChI=1S/C9H6Cl4N2/c1-14-3-15(2)9-7(13)5(11)4(10)6(12)8(9)14/h1-2H3. The zero-order valence-electron chi connectivity index (χ0n) is 7.91. The van der Waals surface area contributed by atoms with Crippen LogP contribution in [0.3, 0.4) is 0 Å². The molecule has 6 heteroatoms. The minimum Gasteiger partial charge on any atom is -0.346 e. The molecule has 80 valence electrons. The highest BCUT2D eigenvalue weighted by atomic mass is 35.5. The summed E-state index contributed by atoms with van der Waals surface area (Å²) in [6.45, 7) is 0. The maximum absolute atomic E-state index is 6.09. The molecule has 2 aromatic rings. The fourth-order valence-corrected chi connectivity index (χ4v) is 2.63. The van der Waals surface area contributed by atoms with Crippen LogP contribution >= 0.6 is 46.4 Å². The van der Waals surface area contributed by atoms with Crippen molar-refractivity contribution in [2.24, 2.45) is 14.1 Å². The van der Waals surface area contributed by atoms with Crippen molar-refractivity contribution in [3.63, 3.8) is 0 Å². The van der Waals surface area contributed by atoms with E-state index in [2.05, 4.69) is 6.33 Å². The van der Waals surface area contributed by atoms with E-state index in [0.29, 0.717) is 10.0 Å². The molecule has 1 heterocycles. The summed E-state index contributed by atoms with van der Waals surface area (Å²) in [5, 5.41) is 1.32. The maximum atomic E-state index is 6.09. The Hall–Kier alpha value is -0.150. The lowest BCUT2D eigenvalue weighted by Crippen LogP contribution is -2.26. The Kier molecular flexibility index (Phi) is 2.80. The Labute approximate surface area is 107 Å². The third-order valence-corrected chi connectivity index (χ3v) is 3.97. The van der Waals surface area contributed by atoms with E-state index in [0.717, 1.165) is 11.0 Å². The van der Waals surface area contributed by atoms with Crippen molar-refractivity contribution < 1.29 is 4.57 Å². The van der Waals surface area contributed by atoms with E-state index in [1.807, 2.05) is 14.1 Å². The summed E-state index contributed by atoms with van der Waals surface area (Å²) < 4.78 is 3.46. The highest BCUT2D eigenvalue weighted by molar-refractivity contribution is 6.54. The zero-order valence-corrected chi connectivity index (χ0v) is 10.9. The molecule has 2 rings (SSSR count). The van der Waals surface area contributed by atoms with Gasteiger partial charge in [0.2, 0.25) is 6.33 Å². The lowest BCUT2D eigenvalue weighted by molar-refractivity contribution is -0.650. The first kappa shape index (κ1) is 11.3. The summed E-state index contributed by atoms with van der Waals surface area (Å²) in [7, 11) is 3.63. The van der Waals surface area contributed by atoms with Crippen LogP contribution in [0.15, 0.2) is 0 Å². The van der Waals surface area contributed by atoms with Gasteiger partial charge in [-0.1, -0.05) is 46.4 Å². The van der Waals surface area contributed by atoms with E-state index in [9.17, 15) is 0 Å². The van der Waals surface area contributed by atoms with Gasteiger partial charge in [0.1, 0.15) is 0 Å². The average molecular weight is 284 g/mol. The van der Waals surface area contributed by atoms with Crippen LogP contribution in [-0.4, -0.2) is 4.57 Å². The highest BCUT2D eigenvalue weighted by Gasteiger charge is 2.16. The van der Waals surface area contributed by atoms with Crippen molar-refractivity contribution in [3.8, 4) is 0 Å². The SMILES string of the molecule is Cn1[c-][n+](C)c2c(Cl)c(Cl)c(Cl)c(Cl)c21. The van der Waals surface area contributed by atoms with Crippen molar-refractivity contribution in [3.05, 3.63) is 26.4 Å². The number of halogens is 4. The fourth-order valence-electron chi connectivity index (χ4n) is 1.55. The van der Waals surface area contributed by atoms with Crippen molar-refractivity contribution in [2.45, 2.75) is 0 Å². The first-order chi connectivity index (χ1) is 6.95. The quantitative estimate of drug-likeness (QED) is 0.303. The van der Waals surface area contributed by atoms with Crippen LogP contribution in [0.4, 0.5) is 0 Å². The van der Waals surface area contributed by atoms with E-state index < -0.39 is 0 Å². The molecule has 0 bridgehead atoms. The smallest absolute Gasteiger partial charge is 0.204 e. The molecular formula is C9H6Cl4N2. The number of aryl methyl sites for hydroxylation is 2. The van der Waals surface area contributed by atoms with Crippen molar-refractivity contribution >= 4 is 57.4 Å². The van der Waals surface area contributed by atoms with Gasteiger partial charge in [0, 0.05) is 21.1 Å². The van der Waals surface area contributed by atoms with Gasteiger partial charge in [-0.3, -0.25) is 0 Å². The summed E-state index contributed by atoms with van der Waals surface area (Å²) in [6.07, 6.45) is 3.00. The molecule has 0 spiro atoms. The largest absolute Gasteiger partial charge is 0.346 e. The maximum Gasteiger partial charge on any atom is 0.204 e. The van der Waals surface area contributed by atoms with Gasteiger partial charge >= 0.3 is 0 Å². The first-order valence-electron chi connectivity index (χ1n) is 4.04. The molecule has 0 aliphatic rings. The molecule has 0 fully saturated rings. The second-order valence-electron chi connectivity index (χ2n) is 3.17. The van der Waals surface area contributed by atoms with Gasteiger partial charge < -0.3 is 9.13 Å². The second-order valence-corrected chi connectivity index (χ2v) is 4.68. The average Bonchev–Trinajstić information content (AvgIpc) is 2.47. The van der Waals surface area contributed by atoms with E-state index in [1.54, 1.807) is 9.13 Å². The van der Waals surface area contributed by atoms with Crippen molar-refractivity contribution in [2.75, 3.05) is 0 Å². The molecule has 0 aliphatic heterocycles. The van der Waals surface area contributed by atoms with Gasteiger partial charge in [0.25, 0.3) is 0 Å². The Morgan fingerprint density at radius 3 is 2.13 bits per heavy atom. The van der Waals surface area contributed by atoms with Crippen molar-refractivity contribution in [1.82, 2.24) is 4.57 Å². The van der Waals surface area contributed by atoms with Crippen LogP contribution in [0.2, 0.25) is 20.1 Å². The van der Waals surface area contributed by atoms with Crippen LogP contribution in [0, 0.1) is 6.33 Å². The molecular weight excluding hydrogens is 278 g/mol. The van der Waals surface area contributed by atoms with Gasteiger partial charge in [-0.15, -0.1) is 0 Å². The molecule has 0 aliphatic carbocycles. The highest BCUT2D eigenvalue weighted by Crippen LogP contribution is 2.41. The second kappa shape index (κ2) is 3.70. The van der Waals surface area contributed by atoms with Crippen LogP contribution in [0.5, 0.6) is 0 Å². The third kappa shape index (κ3) is 1.51. The van der Waals surface area contributed by atoms with Gasteiger partial charge in [-0.05, 0) is 0 Å². The zero-order chi connectivity index (χ0) is 11.3. The lowest BCUT2D eigenvalue weighted by Gasteiger charge is -2.09. The molecule has 0 saturated heterocycles. The molecule has 0 amide bonds. The van der Waals surface area contributed by atoms with Crippen LogP contribution in [-0.2, 0) is 14.1 Å². The van der Waals surface area contributed by atoms with E-state index >= 15 is 0 Å². The predicted octanol–water partition coefficient (Wildman–Crippen LogP) is 3.42. The molecule has 1 aromatic carbocycles. The minimum atomic E-state index is 0.269. The number of fused-ring (bicyclic) bond motifs is 1. The van der Waals surface area contributed by atoms with Crippen LogP contribution in [0.25, 0.3) is 11.0 Å². The third-order valence-electron chi connectivity index (χ3n) is 2.19. The number of imidazole rings is 1. The normalized spacial score (nSPS) is 11.3. The Morgan fingerprint density at radius 2 is 1.53 bits per heavy atom. The van der Waals surface area contributed by atoms with Gasteiger partial charge in [-0.25, -0.2) is 0 Å². The predicted molar refractivity (Wildman–Crippen MR) is 63.0 cm³/mol. The molecule has 0 saturated carbocycles. The minimum absolute atomic E-state index is 0.269. The molecule has 2 nitrogen and oxygen atoms in total. The summed E-state index contributed by atoms with van der Waals surface area (Å²) in [5.74, 6) is 0. The number of rotatable bonds is 0. The van der Waals surface area contributed by atoms with Crippen LogP contribution in [0.1, 0.15) is 0 Å². The molecule has 0 radical (unpaired) electrons. The van der Waals surface area contributed by atoms with Gasteiger partial charge in [-0.2, -0.15) is 0 Å². The van der Waals surface area contributed by atoms with E-state index in [4.69, 9.17) is 46.4 Å². The Balaban J connectivity index is 3.10.